The second-order valence-electron chi connectivity index (χ2n) is 4.93. The summed E-state index contributed by atoms with van der Waals surface area (Å²) < 4.78 is 5.49. The molecule has 2 aromatic heterocycles. The molecule has 0 fully saturated rings. The fraction of sp³-hybridized carbons (Fsp3) is 0.118. The number of carbonyl (C=O) groups is 1. The van der Waals surface area contributed by atoms with Crippen LogP contribution in [0.5, 0.6) is 5.75 Å². The van der Waals surface area contributed by atoms with Gasteiger partial charge in [0.25, 0.3) is 5.91 Å². The van der Waals surface area contributed by atoms with Gasteiger partial charge in [-0.1, -0.05) is 29.8 Å². The van der Waals surface area contributed by atoms with Gasteiger partial charge in [-0.3, -0.25) is 14.9 Å². The minimum Gasteiger partial charge on any atom is -0.490 e. The first-order valence-electron chi connectivity index (χ1n) is 7.35. The van der Waals surface area contributed by atoms with Gasteiger partial charge in [0.05, 0.1) is 30.2 Å². The first kappa shape index (κ1) is 16.0. The molecule has 0 saturated carbocycles. The molecule has 0 radical (unpaired) electrons. The molecule has 2 N–H and O–H groups in total. The van der Waals surface area contributed by atoms with Gasteiger partial charge in [-0.15, -0.1) is 0 Å². The maximum atomic E-state index is 12.3. The second kappa shape index (κ2) is 7.61. The Kier molecular flexibility index (Phi) is 5.08. The Labute approximate surface area is 143 Å². The highest BCUT2D eigenvalue weighted by atomic mass is 35.5. The lowest BCUT2D eigenvalue weighted by atomic mass is 10.1. The molecule has 0 bridgehead atoms. The van der Waals surface area contributed by atoms with Crippen molar-refractivity contribution in [1.29, 1.82) is 0 Å². The molecule has 122 valence electrons. The molecule has 0 aliphatic heterocycles. The van der Waals surface area contributed by atoms with Crippen molar-refractivity contribution in [1.82, 2.24) is 20.5 Å². The van der Waals surface area contributed by atoms with Crippen LogP contribution in [0, 0.1) is 0 Å². The van der Waals surface area contributed by atoms with E-state index in [2.05, 4.69) is 20.5 Å². The van der Waals surface area contributed by atoms with E-state index in [1.54, 1.807) is 30.6 Å². The first-order valence-corrected chi connectivity index (χ1v) is 7.73. The summed E-state index contributed by atoms with van der Waals surface area (Å²) >= 11 is 6.18. The fourth-order valence-corrected chi connectivity index (χ4v) is 2.42. The van der Waals surface area contributed by atoms with Crippen molar-refractivity contribution < 1.29 is 9.53 Å². The molecule has 0 atom stereocenters. The average Bonchev–Trinajstić information content (AvgIpc) is 3.09. The molecule has 0 saturated heterocycles. The van der Waals surface area contributed by atoms with E-state index in [1.807, 2.05) is 18.2 Å². The quantitative estimate of drug-likeness (QED) is 0.675. The van der Waals surface area contributed by atoms with Crippen LogP contribution in [0.15, 0.2) is 55.0 Å². The van der Waals surface area contributed by atoms with Crippen LogP contribution in [0.25, 0.3) is 11.3 Å². The lowest BCUT2D eigenvalue weighted by molar-refractivity contribution is 0.0947. The molecule has 0 unspecified atom stereocenters. The van der Waals surface area contributed by atoms with Gasteiger partial charge in [0.15, 0.2) is 0 Å². The molecular weight excluding hydrogens is 328 g/mol. The Bertz CT molecular complexity index is 820. The van der Waals surface area contributed by atoms with Crippen LogP contribution in [-0.2, 0) is 0 Å². The topological polar surface area (TPSA) is 79.9 Å². The third-order valence-corrected chi connectivity index (χ3v) is 3.65. The molecule has 3 rings (SSSR count). The van der Waals surface area contributed by atoms with Gasteiger partial charge in [0.2, 0.25) is 0 Å². The van der Waals surface area contributed by atoms with Crippen molar-refractivity contribution in [2.45, 2.75) is 0 Å². The Morgan fingerprint density at radius 1 is 1.21 bits per heavy atom. The molecule has 0 aliphatic carbocycles. The highest BCUT2D eigenvalue weighted by molar-refractivity contribution is 6.33. The standard InChI is InChI=1S/C17H15ClN4O2/c18-15-6-2-1-5-13(15)16-14(11-21-22-16)17(23)20-8-9-24-12-4-3-7-19-10-12/h1-7,10-11H,8-9H2,(H,20,23)(H,21,22). The van der Waals surface area contributed by atoms with Crippen molar-refractivity contribution in [3.63, 3.8) is 0 Å². The normalized spacial score (nSPS) is 10.4. The molecule has 1 aromatic carbocycles. The zero-order valence-electron chi connectivity index (χ0n) is 12.7. The van der Waals surface area contributed by atoms with Crippen molar-refractivity contribution >= 4 is 17.5 Å². The number of hydrogen-bond acceptors (Lipinski definition) is 4. The van der Waals surface area contributed by atoms with Gasteiger partial charge < -0.3 is 10.1 Å². The lowest BCUT2D eigenvalue weighted by Gasteiger charge is -2.08. The van der Waals surface area contributed by atoms with Crippen molar-refractivity contribution in [2.75, 3.05) is 13.2 Å². The minimum atomic E-state index is -0.242. The van der Waals surface area contributed by atoms with Crippen LogP contribution < -0.4 is 10.1 Å². The fourth-order valence-electron chi connectivity index (χ4n) is 2.19. The maximum absolute atomic E-state index is 12.3. The Morgan fingerprint density at radius 3 is 2.88 bits per heavy atom. The van der Waals surface area contributed by atoms with Crippen LogP contribution in [0.3, 0.4) is 0 Å². The number of benzene rings is 1. The summed E-state index contributed by atoms with van der Waals surface area (Å²) in [5, 5.41) is 10.1. The number of aromatic nitrogens is 3. The number of rotatable bonds is 6. The highest BCUT2D eigenvalue weighted by Crippen LogP contribution is 2.28. The molecule has 0 aliphatic rings. The third-order valence-electron chi connectivity index (χ3n) is 3.32. The van der Waals surface area contributed by atoms with Crippen LogP contribution in [0.2, 0.25) is 5.02 Å². The van der Waals surface area contributed by atoms with E-state index in [0.29, 0.717) is 35.2 Å². The number of pyridine rings is 1. The summed E-state index contributed by atoms with van der Waals surface area (Å²) in [5.74, 6) is 0.417. The van der Waals surface area contributed by atoms with E-state index in [-0.39, 0.29) is 5.91 Å². The summed E-state index contributed by atoms with van der Waals surface area (Å²) in [7, 11) is 0. The second-order valence-corrected chi connectivity index (χ2v) is 5.34. The number of amides is 1. The molecule has 3 aromatic rings. The van der Waals surface area contributed by atoms with E-state index < -0.39 is 0 Å². The summed E-state index contributed by atoms with van der Waals surface area (Å²) in [6.45, 7) is 0.706. The van der Waals surface area contributed by atoms with Gasteiger partial charge in [-0.2, -0.15) is 5.10 Å². The zero-order valence-corrected chi connectivity index (χ0v) is 13.5. The van der Waals surface area contributed by atoms with E-state index >= 15 is 0 Å². The van der Waals surface area contributed by atoms with E-state index in [9.17, 15) is 4.79 Å². The van der Waals surface area contributed by atoms with Crippen molar-refractivity contribution in [3.8, 4) is 17.0 Å². The average molecular weight is 343 g/mol. The van der Waals surface area contributed by atoms with Crippen LogP contribution in [0.1, 0.15) is 10.4 Å². The zero-order chi connectivity index (χ0) is 16.8. The Balaban J connectivity index is 1.60. The van der Waals surface area contributed by atoms with E-state index in [4.69, 9.17) is 16.3 Å². The third kappa shape index (κ3) is 3.72. The number of hydrogen-bond donors (Lipinski definition) is 2. The number of halogens is 1. The number of nitrogens with zero attached hydrogens (tertiary/aromatic N) is 2. The lowest BCUT2D eigenvalue weighted by Crippen LogP contribution is -2.28. The number of nitrogens with one attached hydrogen (secondary N) is 2. The number of carbonyl (C=O) groups excluding carboxylic acids is 1. The van der Waals surface area contributed by atoms with Crippen molar-refractivity contribution in [2.24, 2.45) is 0 Å². The first-order chi connectivity index (χ1) is 11.8. The summed E-state index contributed by atoms with van der Waals surface area (Å²) in [5.41, 5.74) is 1.75. The number of aromatic amines is 1. The van der Waals surface area contributed by atoms with E-state index in [0.717, 1.165) is 5.56 Å². The van der Waals surface area contributed by atoms with Crippen molar-refractivity contribution in [3.05, 3.63) is 65.6 Å². The number of ether oxygens (including phenoxy) is 1. The van der Waals surface area contributed by atoms with E-state index in [1.165, 1.54) is 6.20 Å². The minimum absolute atomic E-state index is 0.242. The van der Waals surface area contributed by atoms with Gasteiger partial charge in [0.1, 0.15) is 12.4 Å². The molecule has 1 amide bonds. The molecule has 0 spiro atoms. The predicted octanol–water partition coefficient (Wildman–Crippen LogP) is 2.93. The molecule has 7 heteroatoms. The Hall–Kier alpha value is -2.86. The van der Waals surface area contributed by atoms with Gasteiger partial charge in [-0.25, -0.2) is 0 Å². The molecule has 6 nitrogen and oxygen atoms in total. The van der Waals surface area contributed by atoms with Gasteiger partial charge in [0, 0.05) is 16.8 Å². The molecule has 2 heterocycles. The summed E-state index contributed by atoms with van der Waals surface area (Å²) in [6, 6.07) is 10.9. The van der Waals surface area contributed by atoms with Crippen LogP contribution >= 0.6 is 11.6 Å². The number of H-pyrrole nitrogens is 1. The van der Waals surface area contributed by atoms with Crippen LogP contribution in [0.4, 0.5) is 0 Å². The molecular formula is C17H15ClN4O2. The maximum Gasteiger partial charge on any atom is 0.255 e. The highest BCUT2D eigenvalue weighted by Gasteiger charge is 2.16. The summed E-state index contributed by atoms with van der Waals surface area (Å²) in [4.78, 5) is 16.3. The van der Waals surface area contributed by atoms with Gasteiger partial charge >= 0.3 is 0 Å². The molecule has 24 heavy (non-hydrogen) atoms. The smallest absolute Gasteiger partial charge is 0.255 e. The SMILES string of the molecule is O=C(NCCOc1cccnc1)c1cn[nH]c1-c1ccccc1Cl. The Morgan fingerprint density at radius 2 is 2.08 bits per heavy atom. The largest absolute Gasteiger partial charge is 0.490 e. The monoisotopic (exact) mass is 342 g/mol. The predicted molar refractivity (Wildman–Crippen MR) is 91.1 cm³/mol. The van der Waals surface area contributed by atoms with Gasteiger partial charge in [-0.05, 0) is 18.2 Å². The van der Waals surface area contributed by atoms with Crippen LogP contribution in [-0.4, -0.2) is 34.2 Å². The summed E-state index contributed by atoms with van der Waals surface area (Å²) in [6.07, 6.45) is 4.77.